The van der Waals surface area contributed by atoms with Gasteiger partial charge in [-0.25, -0.2) is 0 Å². The molecule has 1 saturated heterocycles. The van der Waals surface area contributed by atoms with Crippen molar-refractivity contribution in [1.82, 2.24) is 4.90 Å². The lowest BCUT2D eigenvalue weighted by Gasteiger charge is -2.32. The van der Waals surface area contributed by atoms with Gasteiger partial charge in [-0.3, -0.25) is 4.90 Å². The largest absolute Gasteiger partial charge is 0.399 e. The van der Waals surface area contributed by atoms with Crippen LogP contribution in [0.2, 0.25) is 0 Å². The maximum Gasteiger partial charge on any atom is 0.399 e. The Balaban J connectivity index is 2.01. The maximum atomic E-state index is 12.9. The Kier molecular flexibility index (Phi) is 4.71. The number of alkyl halides is 3. The molecule has 0 aromatic rings. The highest BCUT2D eigenvalue weighted by atomic mass is 32.1. The summed E-state index contributed by atoms with van der Waals surface area (Å²) in [5.74, 6) is -1.09. The van der Waals surface area contributed by atoms with Crippen LogP contribution in [0.1, 0.15) is 38.5 Å². The topological polar surface area (TPSA) is 29.3 Å². The first-order valence-electron chi connectivity index (χ1n) is 6.99. The Morgan fingerprint density at radius 3 is 2.37 bits per heavy atom. The SMILES string of the molecule is NC(=S)C(CN1CCCC1C1CCCC1)C(F)(F)F. The minimum atomic E-state index is -4.32. The summed E-state index contributed by atoms with van der Waals surface area (Å²) in [6, 6.07) is 0.307. The highest BCUT2D eigenvalue weighted by Gasteiger charge is 2.45. The molecule has 0 spiro atoms. The quantitative estimate of drug-likeness (QED) is 0.808. The fraction of sp³-hybridized carbons (Fsp3) is 0.923. The summed E-state index contributed by atoms with van der Waals surface area (Å²) >= 11 is 4.60. The Hall–Kier alpha value is -0.360. The van der Waals surface area contributed by atoms with Gasteiger partial charge in [0.05, 0.1) is 4.99 Å². The van der Waals surface area contributed by atoms with Gasteiger partial charge < -0.3 is 5.73 Å². The van der Waals surface area contributed by atoms with E-state index in [4.69, 9.17) is 5.73 Å². The van der Waals surface area contributed by atoms with E-state index in [1.54, 1.807) is 0 Å². The van der Waals surface area contributed by atoms with Crippen LogP contribution in [-0.2, 0) is 0 Å². The van der Waals surface area contributed by atoms with Gasteiger partial charge in [0.15, 0.2) is 0 Å². The number of hydrogen-bond donors (Lipinski definition) is 1. The number of nitrogens with two attached hydrogens (primary N) is 1. The van der Waals surface area contributed by atoms with Crippen LogP contribution in [-0.4, -0.2) is 35.2 Å². The second-order valence-electron chi connectivity index (χ2n) is 5.75. The number of halogens is 3. The molecule has 0 aromatic heterocycles. The maximum absolute atomic E-state index is 12.9. The fourth-order valence-electron chi connectivity index (χ4n) is 3.54. The molecule has 110 valence electrons. The molecule has 1 aliphatic carbocycles. The zero-order valence-corrected chi connectivity index (χ0v) is 11.8. The van der Waals surface area contributed by atoms with Gasteiger partial charge in [-0.05, 0) is 38.1 Å². The summed E-state index contributed by atoms with van der Waals surface area (Å²) in [4.78, 5) is 1.55. The minimum Gasteiger partial charge on any atom is -0.393 e. The first-order valence-corrected chi connectivity index (χ1v) is 7.40. The summed E-state index contributed by atoms with van der Waals surface area (Å²) in [5, 5.41) is 0. The molecule has 6 heteroatoms. The van der Waals surface area contributed by atoms with Crippen molar-refractivity contribution in [2.24, 2.45) is 17.6 Å². The minimum absolute atomic E-state index is 0.0556. The molecule has 1 saturated carbocycles. The molecule has 19 heavy (non-hydrogen) atoms. The highest BCUT2D eigenvalue weighted by molar-refractivity contribution is 7.80. The van der Waals surface area contributed by atoms with Crippen LogP contribution >= 0.6 is 12.2 Å². The van der Waals surface area contributed by atoms with Crippen LogP contribution in [0, 0.1) is 11.8 Å². The van der Waals surface area contributed by atoms with Crippen molar-refractivity contribution in [2.45, 2.75) is 50.7 Å². The van der Waals surface area contributed by atoms with Crippen molar-refractivity contribution in [3.8, 4) is 0 Å². The number of likely N-dealkylation sites (tertiary alicyclic amines) is 1. The van der Waals surface area contributed by atoms with Crippen LogP contribution in [0.15, 0.2) is 0 Å². The normalized spacial score (nSPS) is 27.8. The molecule has 0 bridgehead atoms. The molecule has 2 nitrogen and oxygen atoms in total. The molecule has 0 radical (unpaired) electrons. The zero-order valence-electron chi connectivity index (χ0n) is 11.0. The number of hydrogen-bond acceptors (Lipinski definition) is 2. The predicted molar refractivity (Wildman–Crippen MR) is 72.9 cm³/mol. The monoisotopic (exact) mass is 294 g/mol. The molecule has 1 aliphatic heterocycles. The molecule has 2 rings (SSSR count). The van der Waals surface area contributed by atoms with Crippen molar-refractivity contribution >= 4 is 17.2 Å². The van der Waals surface area contributed by atoms with E-state index >= 15 is 0 Å². The second kappa shape index (κ2) is 5.95. The van der Waals surface area contributed by atoms with Crippen LogP contribution < -0.4 is 5.73 Å². The van der Waals surface area contributed by atoms with Crippen molar-refractivity contribution < 1.29 is 13.2 Å². The summed E-state index contributed by atoms with van der Waals surface area (Å²) < 4.78 is 38.8. The standard InChI is InChI=1S/C13H21F3N2S/c14-13(15,16)10(12(17)19)8-18-7-3-6-11(18)9-4-1-2-5-9/h9-11H,1-8H2,(H2,17,19). The van der Waals surface area contributed by atoms with Crippen LogP contribution in [0.4, 0.5) is 13.2 Å². The van der Waals surface area contributed by atoms with Crippen molar-refractivity contribution in [3.63, 3.8) is 0 Å². The Morgan fingerprint density at radius 2 is 1.84 bits per heavy atom. The van der Waals surface area contributed by atoms with Gasteiger partial charge in [-0.1, -0.05) is 25.1 Å². The summed E-state index contributed by atoms with van der Waals surface area (Å²) in [7, 11) is 0. The van der Waals surface area contributed by atoms with Gasteiger partial charge in [0.1, 0.15) is 5.92 Å². The average Bonchev–Trinajstić information content (AvgIpc) is 2.94. The lowest BCUT2D eigenvalue weighted by atomic mass is 9.95. The number of thiocarbonyl (C=S) groups is 1. The Morgan fingerprint density at radius 1 is 1.21 bits per heavy atom. The third kappa shape index (κ3) is 3.60. The summed E-state index contributed by atoms with van der Waals surface area (Å²) in [6.07, 6.45) is 2.43. The molecular weight excluding hydrogens is 273 g/mol. The third-order valence-corrected chi connectivity index (χ3v) is 4.80. The van der Waals surface area contributed by atoms with E-state index in [0.29, 0.717) is 12.0 Å². The van der Waals surface area contributed by atoms with Crippen molar-refractivity contribution in [1.29, 1.82) is 0 Å². The van der Waals surface area contributed by atoms with E-state index < -0.39 is 17.1 Å². The fourth-order valence-corrected chi connectivity index (χ4v) is 3.75. The first kappa shape index (κ1) is 15.0. The van der Waals surface area contributed by atoms with E-state index in [2.05, 4.69) is 12.2 Å². The van der Waals surface area contributed by atoms with Gasteiger partial charge in [0.25, 0.3) is 0 Å². The zero-order chi connectivity index (χ0) is 14.0. The summed E-state index contributed by atoms with van der Waals surface area (Å²) in [6.45, 7) is 0.691. The van der Waals surface area contributed by atoms with Gasteiger partial charge in [-0.2, -0.15) is 13.2 Å². The predicted octanol–water partition coefficient (Wildman–Crippen LogP) is 3.11. The highest BCUT2D eigenvalue weighted by Crippen LogP contribution is 2.37. The molecule has 2 N–H and O–H groups in total. The van der Waals surface area contributed by atoms with E-state index in [9.17, 15) is 13.2 Å². The van der Waals surface area contributed by atoms with Crippen molar-refractivity contribution in [3.05, 3.63) is 0 Å². The smallest absolute Gasteiger partial charge is 0.393 e. The Labute approximate surface area is 117 Å². The molecule has 2 aliphatic rings. The van der Waals surface area contributed by atoms with E-state index in [0.717, 1.165) is 32.2 Å². The molecule has 0 amide bonds. The van der Waals surface area contributed by atoms with E-state index in [1.807, 2.05) is 4.90 Å². The molecular formula is C13H21F3N2S. The van der Waals surface area contributed by atoms with Crippen molar-refractivity contribution in [2.75, 3.05) is 13.1 Å². The van der Waals surface area contributed by atoms with E-state index in [-0.39, 0.29) is 6.54 Å². The molecule has 2 fully saturated rings. The van der Waals surface area contributed by atoms with Gasteiger partial charge in [0.2, 0.25) is 0 Å². The number of nitrogens with zero attached hydrogens (tertiary/aromatic N) is 1. The number of rotatable bonds is 4. The molecule has 2 atom stereocenters. The lowest BCUT2D eigenvalue weighted by Crippen LogP contribution is -2.46. The van der Waals surface area contributed by atoms with Crippen LogP contribution in [0.5, 0.6) is 0 Å². The average molecular weight is 294 g/mol. The van der Waals surface area contributed by atoms with Crippen LogP contribution in [0.25, 0.3) is 0 Å². The third-order valence-electron chi connectivity index (χ3n) is 4.51. The first-order chi connectivity index (χ1) is 8.89. The molecule has 2 unspecified atom stereocenters. The Bertz CT molecular complexity index is 326. The van der Waals surface area contributed by atoms with Crippen LogP contribution in [0.3, 0.4) is 0 Å². The molecule has 1 heterocycles. The van der Waals surface area contributed by atoms with Gasteiger partial charge in [0, 0.05) is 12.6 Å². The van der Waals surface area contributed by atoms with Gasteiger partial charge in [-0.15, -0.1) is 0 Å². The lowest BCUT2D eigenvalue weighted by molar-refractivity contribution is -0.160. The summed E-state index contributed by atoms with van der Waals surface area (Å²) in [5.41, 5.74) is 5.28. The van der Waals surface area contributed by atoms with Gasteiger partial charge >= 0.3 is 6.18 Å². The second-order valence-corrected chi connectivity index (χ2v) is 6.22. The molecule has 0 aromatic carbocycles. The van der Waals surface area contributed by atoms with E-state index in [1.165, 1.54) is 12.8 Å².